The Labute approximate surface area is 203 Å². The molecule has 25 heavy (non-hydrogen) atoms. The van der Waals surface area contributed by atoms with Gasteiger partial charge in [0.25, 0.3) is 0 Å². The second-order valence-electron chi connectivity index (χ2n) is 5.01. The summed E-state index contributed by atoms with van der Waals surface area (Å²) in [4.78, 5) is 22.1. The molecule has 2 radical (unpaired) electrons. The number of ketones is 2. The first-order chi connectivity index (χ1) is 9.75. The van der Waals surface area contributed by atoms with Gasteiger partial charge in [0.15, 0.2) is 0 Å². The Morgan fingerprint density at radius 2 is 1.00 bits per heavy atom. The molecule has 0 N–H and O–H groups in total. The molecule has 0 atom stereocenters. The normalized spacial score (nSPS) is 12.3. The summed E-state index contributed by atoms with van der Waals surface area (Å²) in [5, 5.41) is 0. The van der Waals surface area contributed by atoms with Crippen molar-refractivity contribution >= 4 is 11.6 Å². The molecule has 2 nitrogen and oxygen atoms in total. The molecule has 0 bridgehead atoms. The zero-order chi connectivity index (χ0) is 13.9. The molecular weight excluding hydrogens is 462 g/mol. The van der Waals surface area contributed by atoms with Crippen LogP contribution < -0.4 is 0 Å². The van der Waals surface area contributed by atoms with Crippen LogP contribution in [0.5, 0.6) is 0 Å². The van der Waals surface area contributed by atoms with E-state index in [2.05, 4.69) is 12.1 Å². The van der Waals surface area contributed by atoms with Gasteiger partial charge in [-0.15, -0.1) is 11.1 Å². The maximum atomic E-state index is 11.1. The Hall–Kier alpha value is -0.0122. The van der Waals surface area contributed by atoms with Crippen LogP contribution in [0.25, 0.3) is 0 Å². The predicted octanol–water partition coefficient (Wildman–Crippen LogP) is 5.13. The van der Waals surface area contributed by atoms with Gasteiger partial charge in [-0.05, 0) is 0 Å². The van der Waals surface area contributed by atoms with Crippen LogP contribution in [0.3, 0.4) is 0 Å². The Balaban J connectivity index is -0.000000323. The van der Waals surface area contributed by atoms with Crippen molar-refractivity contribution in [3.05, 3.63) is 70.8 Å². The van der Waals surface area contributed by atoms with Crippen LogP contribution in [0, 0.1) is 12.1 Å². The molecule has 0 aromatic heterocycles. The number of fused-ring (bicyclic) bond motifs is 2. The molecule has 0 aliphatic heterocycles. The van der Waals surface area contributed by atoms with Crippen LogP contribution in [0.2, 0.25) is 0 Å². The maximum absolute atomic E-state index is 11.1. The molecule has 2 aromatic rings. The summed E-state index contributed by atoms with van der Waals surface area (Å²) in [6, 6.07) is 17.0. The summed E-state index contributed by atoms with van der Waals surface area (Å²) in [5.74, 6) is 0.563. The number of carbonyl (C=O) groups excluding carboxylic acids is 2. The van der Waals surface area contributed by atoms with Gasteiger partial charge in [-0.25, -0.2) is 0 Å². The topological polar surface area (TPSA) is 34.1 Å². The summed E-state index contributed by atoms with van der Waals surface area (Å²) >= 11 is 0. The second-order valence-corrected chi connectivity index (χ2v) is 5.01. The molecule has 4 rings (SSSR count). The number of hydrogen-bond acceptors (Lipinski definition) is 2. The van der Waals surface area contributed by atoms with Crippen molar-refractivity contribution in [1.29, 1.82) is 0 Å². The molecule has 0 spiro atoms. The monoisotopic (exact) mass is 488 g/mol. The summed E-state index contributed by atoms with van der Waals surface area (Å²) in [5.41, 5.74) is 4.12. The van der Waals surface area contributed by atoms with Crippen LogP contribution in [0.15, 0.2) is 36.4 Å². The summed E-state index contributed by atoms with van der Waals surface area (Å²) in [7, 11) is 0. The Bertz CT molecular complexity index is 622. The Morgan fingerprint density at radius 1 is 0.640 bits per heavy atom. The summed E-state index contributed by atoms with van der Waals surface area (Å²) < 4.78 is 0. The molecule has 0 saturated carbocycles. The van der Waals surface area contributed by atoms with Crippen molar-refractivity contribution in [2.75, 3.05) is 0 Å². The van der Waals surface area contributed by atoms with Crippen molar-refractivity contribution in [2.45, 2.75) is 48.0 Å². The molecule has 0 fully saturated rings. The molecule has 4 heteroatoms. The second kappa shape index (κ2) is 14.1. The van der Waals surface area contributed by atoms with Gasteiger partial charge in [-0.1, -0.05) is 46.2 Å². The van der Waals surface area contributed by atoms with Gasteiger partial charge in [-0.3, -0.25) is 9.59 Å². The SMILES string of the molecule is C.C.C.O=C1CCc2c[c-]ccc21.O=C1CCc2c[c-]ccc21.[Y].[Y]. The fourth-order valence-corrected chi connectivity index (χ4v) is 2.65. The smallest absolute Gasteiger partial charge is 0.138 e. The van der Waals surface area contributed by atoms with Crippen molar-refractivity contribution in [1.82, 2.24) is 0 Å². The van der Waals surface area contributed by atoms with Crippen LogP contribution in [-0.2, 0) is 78.3 Å². The minimum absolute atomic E-state index is 0. The van der Waals surface area contributed by atoms with Gasteiger partial charge >= 0.3 is 0 Å². The molecule has 2 aliphatic rings. The van der Waals surface area contributed by atoms with E-state index in [9.17, 15) is 9.59 Å². The molecule has 2 aromatic carbocycles. The van der Waals surface area contributed by atoms with Gasteiger partial charge in [0.2, 0.25) is 0 Å². The average molecular weight is 488 g/mol. The summed E-state index contributed by atoms with van der Waals surface area (Å²) in [6.07, 6.45) is 3.19. The first-order valence-electron chi connectivity index (χ1n) is 6.80. The van der Waals surface area contributed by atoms with E-state index in [-0.39, 0.29) is 99.3 Å². The third kappa shape index (κ3) is 7.25. The number of aryl methyl sites for hydroxylation is 2. The van der Waals surface area contributed by atoms with Gasteiger partial charge in [0.05, 0.1) is 0 Å². The van der Waals surface area contributed by atoms with Gasteiger partial charge in [0, 0.05) is 78.3 Å². The van der Waals surface area contributed by atoms with Crippen LogP contribution >= 0.6 is 0 Å². The zero-order valence-corrected chi connectivity index (χ0v) is 17.9. The number of carbonyl (C=O) groups is 2. The summed E-state index contributed by atoms with van der Waals surface area (Å²) in [6.45, 7) is 0. The molecular formula is C21H26O2Y2-2. The average Bonchev–Trinajstić information content (AvgIpc) is 3.05. The van der Waals surface area contributed by atoms with E-state index in [1.165, 1.54) is 0 Å². The van der Waals surface area contributed by atoms with E-state index < -0.39 is 0 Å². The van der Waals surface area contributed by atoms with E-state index >= 15 is 0 Å². The van der Waals surface area contributed by atoms with Crippen LogP contribution in [0.4, 0.5) is 0 Å². The molecule has 0 unspecified atom stereocenters. The molecule has 2 aliphatic carbocycles. The van der Waals surface area contributed by atoms with E-state index in [0.29, 0.717) is 12.8 Å². The third-order valence-corrected chi connectivity index (χ3v) is 3.74. The minimum atomic E-state index is 0. The minimum Gasteiger partial charge on any atom is -0.297 e. The van der Waals surface area contributed by atoms with Crippen LogP contribution in [0.1, 0.15) is 67.0 Å². The van der Waals surface area contributed by atoms with E-state index in [1.54, 1.807) is 12.1 Å². The Kier molecular flexibility index (Phi) is 16.8. The number of benzene rings is 2. The standard InChI is InChI=1S/2C9H7O.3CH4.2Y/c2*10-9-6-5-7-3-1-2-4-8(7)9;;;;;/h2*2-4H,5-6H2;3*1H4;;/q2*-1;;;;;. The van der Waals surface area contributed by atoms with E-state index in [4.69, 9.17) is 0 Å². The number of rotatable bonds is 0. The van der Waals surface area contributed by atoms with Crippen molar-refractivity contribution in [2.24, 2.45) is 0 Å². The fourth-order valence-electron chi connectivity index (χ4n) is 2.65. The van der Waals surface area contributed by atoms with E-state index in [0.717, 1.165) is 35.1 Å². The third-order valence-electron chi connectivity index (χ3n) is 3.74. The first-order valence-corrected chi connectivity index (χ1v) is 6.80. The molecule has 0 heterocycles. The predicted molar refractivity (Wildman–Crippen MR) is 96.1 cm³/mol. The van der Waals surface area contributed by atoms with E-state index in [1.807, 2.05) is 24.3 Å². The quantitative estimate of drug-likeness (QED) is 0.482. The zero-order valence-electron chi connectivity index (χ0n) is 12.3. The Morgan fingerprint density at radius 3 is 1.32 bits per heavy atom. The van der Waals surface area contributed by atoms with Crippen molar-refractivity contribution in [3.8, 4) is 0 Å². The van der Waals surface area contributed by atoms with Crippen LogP contribution in [-0.4, -0.2) is 11.6 Å². The number of hydrogen-bond donors (Lipinski definition) is 0. The maximum Gasteiger partial charge on any atom is 0.138 e. The largest absolute Gasteiger partial charge is 0.297 e. The van der Waals surface area contributed by atoms with Gasteiger partial charge in [-0.2, -0.15) is 48.5 Å². The van der Waals surface area contributed by atoms with Crippen molar-refractivity contribution < 1.29 is 75.0 Å². The fraction of sp³-hybridized carbons (Fsp3) is 0.333. The molecule has 130 valence electrons. The van der Waals surface area contributed by atoms with Crippen molar-refractivity contribution in [3.63, 3.8) is 0 Å². The first kappa shape index (κ1) is 29.7. The van der Waals surface area contributed by atoms with Gasteiger partial charge < -0.3 is 0 Å². The molecule has 0 saturated heterocycles. The van der Waals surface area contributed by atoms with Gasteiger partial charge in [0.1, 0.15) is 11.6 Å². The molecule has 0 amide bonds. The number of Topliss-reactive ketones (excluding diaryl/α,β-unsaturated/α-hetero) is 2.